The SMILES string of the molecule is CN(C)CCCNCC1(C(=O)O)CCC1. The fourth-order valence-electron chi connectivity index (χ4n) is 1.92. The molecule has 1 fully saturated rings. The van der Waals surface area contributed by atoms with E-state index in [-0.39, 0.29) is 0 Å². The number of nitrogens with zero attached hydrogens (tertiary/aromatic N) is 1. The van der Waals surface area contributed by atoms with E-state index >= 15 is 0 Å². The van der Waals surface area contributed by atoms with Crippen molar-refractivity contribution in [1.29, 1.82) is 0 Å². The Hall–Kier alpha value is -0.610. The molecule has 1 aliphatic carbocycles. The van der Waals surface area contributed by atoms with Gasteiger partial charge >= 0.3 is 5.97 Å². The van der Waals surface area contributed by atoms with E-state index in [9.17, 15) is 4.79 Å². The molecular weight excluding hydrogens is 192 g/mol. The Morgan fingerprint density at radius 2 is 2.13 bits per heavy atom. The van der Waals surface area contributed by atoms with Crippen LogP contribution in [0.2, 0.25) is 0 Å². The van der Waals surface area contributed by atoms with Gasteiger partial charge in [-0.1, -0.05) is 6.42 Å². The fourth-order valence-corrected chi connectivity index (χ4v) is 1.92. The van der Waals surface area contributed by atoms with Crippen molar-refractivity contribution in [3.05, 3.63) is 0 Å². The van der Waals surface area contributed by atoms with Gasteiger partial charge in [0, 0.05) is 6.54 Å². The summed E-state index contributed by atoms with van der Waals surface area (Å²) in [5.41, 5.74) is -0.446. The number of aliphatic carboxylic acids is 1. The van der Waals surface area contributed by atoms with Crippen molar-refractivity contribution >= 4 is 5.97 Å². The molecule has 0 heterocycles. The lowest BCUT2D eigenvalue weighted by atomic mass is 9.69. The second kappa shape index (κ2) is 5.47. The van der Waals surface area contributed by atoms with E-state index in [1.54, 1.807) is 0 Å². The van der Waals surface area contributed by atoms with E-state index in [0.29, 0.717) is 6.54 Å². The zero-order chi connectivity index (χ0) is 11.3. The van der Waals surface area contributed by atoms with Gasteiger partial charge in [-0.05, 0) is 46.4 Å². The highest BCUT2D eigenvalue weighted by molar-refractivity contribution is 5.76. The van der Waals surface area contributed by atoms with Gasteiger partial charge in [0.25, 0.3) is 0 Å². The van der Waals surface area contributed by atoms with Gasteiger partial charge in [-0.15, -0.1) is 0 Å². The second-order valence-corrected chi connectivity index (χ2v) is 4.77. The summed E-state index contributed by atoms with van der Waals surface area (Å²) in [6.45, 7) is 2.59. The number of rotatable bonds is 7. The first-order valence-corrected chi connectivity index (χ1v) is 5.66. The van der Waals surface area contributed by atoms with Crippen molar-refractivity contribution < 1.29 is 9.90 Å². The Balaban J connectivity index is 2.11. The Labute approximate surface area is 91.6 Å². The van der Waals surface area contributed by atoms with Crippen molar-refractivity contribution in [2.75, 3.05) is 33.7 Å². The predicted molar refractivity (Wildman–Crippen MR) is 60.0 cm³/mol. The van der Waals surface area contributed by atoms with Crippen LogP contribution in [0, 0.1) is 5.41 Å². The number of nitrogens with one attached hydrogen (secondary N) is 1. The molecule has 1 rings (SSSR count). The Bertz CT molecular complexity index is 213. The van der Waals surface area contributed by atoms with Crippen molar-refractivity contribution in [3.8, 4) is 0 Å². The summed E-state index contributed by atoms with van der Waals surface area (Å²) >= 11 is 0. The first kappa shape index (κ1) is 12.5. The molecule has 4 heteroatoms. The van der Waals surface area contributed by atoms with E-state index in [1.165, 1.54) is 0 Å². The maximum atomic E-state index is 11.0. The van der Waals surface area contributed by atoms with Crippen molar-refractivity contribution in [3.63, 3.8) is 0 Å². The molecule has 0 aliphatic heterocycles. The minimum Gasteiger partial charge on any atom is -0.481 e. The largest absolute Gasteiger partial charge is 0.481 e. The van der Waals surface area contributed by atoms with Crippen molar-refractivity contribution in [2.24, 2.45) is 5.41 Å². The first-order chi connectivity index (χ1) is 7.07. The number of carboxylic acids is 1. The molecule has 0 amide bonds. The summed E-state index contributed by atoms with van der Waals surface area (Å²) < 4.78 is 0. The summed E-state index contributed by atoms with van der Waals surface area (Å²) in [7, 11) is 4.09. The van der Waals surface area contributed by atoms with E-state index in [0.717, 1.165) is 38.8 Å². The van der Waals surface area contributed by atoms with Crippen molar-refractivity contribution in [2.45, 2.75) is 25.7 Å². The molecule has 0 atom stereocenters. The van der Waals surface area contributed by atoms with Gasteiger partial charge in [0.2, 0.25) is 0 Å². The summed E-state index contributed by atoms with van der Waals surface area (Å²) in [5.74, 6) is -0.631. The van der Waals surface area contributed by atoms with Gasteiger partial charge in [-0.25, -0.2) is 0 Å². The highest BCUT2D eigenvalue weighted by Crippen LogP contribution is 2.40. The van der Waals surface area contributed by atoms with Crippen LogP contribution >= 0.6 is 0 Å². The Kier molecular flexibility index (Phi) is 4.54. The number of carbonyl (C=O) groups is 1. The van der Waals surface area contributed by atoms with E-state index < -0.39 is 11.4 Å². The quantitative estimate of drug-likeness (QED) is 0.615. The number of carboxylic acid groups (broad SMARTS) is 1. The summed E-state index contributed by atoms with van der Waals surface area (Å²) in [6, 6.07) is 0. The van der Waals surface area contributed by atoms with Crippen LogP contribution in [0.3, 0.4) is 0 Å². The predicted octanol–water partition coefficient (Wildman–Crippen LogP) is 0.783. The molecule has 4 nitrogen and oxygen atoms in total. The third-order valence-electron chi connectivity index (χ3n) is 3.19. The smallest absolute Gasteiger partial charge is 0.310 e. The van der Waals surface area contributed by atoms with Crippen LogP contribution in [0.4, 0.5) is 0 Å². The molecular formula is C11H22N2O2. The molecule has 0 aromatic carbocycles. The van der Waals surface area contributed by atoms with E-state index in [1.807, 2.05) is 14.1 Å². The monoisotopic (exact) mass is 214 g/mol. The molecule has 0 radical (unpaired) electrons. The van der Waals surface area contributed by atoms with Crippen LogP contribution in [0.25, 0.3) is 0 Å². The minimum absolute atomic E-state index is 0.446. The molecule has 0 bridgehead atoms. The molecule has 2 N–H and O–H groups in total. The third-order valence-corrected chi connectivity index (χ3v) is 3.19. The lowest BCUT2D eigenvalue weighted by Gasteiger charge is -2.37. The van der Waals surface area contributed by atoms with E-state index in [4.69, 9.17) is 5.11 Å². The molecule has 0 aromatic rings. The lowest BCUT2D eigenvalue weighted by molar-refractivity contribution is -0.154. The van der Waals surface area contributed by atoms with Crippen molar-refractivity contribution in [1.82, 2.24) is 10.2 Å². The summed E-state index contributed by atoms with van der Waals surface area (Å²) in [4.78, 5) is 13.2. The van der Waals surface area contributed by atoms with Gasteiger partial charge in [-0.3, -0.25) is 4.79 Å². The van der Waals surface area contributed by atoms with Gasteiger partial charge in [-0.2, -0.15) is 0 Å². The molecule has 15 heavy (non-hydrogen) atoms. The van der Waals surface area contributed by atoms with Crippen LogP contribution in [0.1, 0.15) is 25.7 Å². The standard InChI is InChI=1S/C11H22N2O2/c1-13(2)8-4-7-12-9-11(10(14)15)5-3-6-11/h12H,3-9H2,1-2H3,(H,14,15). The van der Waals surface area contributed by atoms with Gasteiger partial charge < -0.3 is 15.3 Å². The Morgan fingerprint density at radius 3 is 2.53 bits per heavy atom. The summed E-state index contributed by atoms with van der Waals surface area (Å²) in [5, 5.41) is 12.3. The average Bonchev–Trinajstić information content (AvgIpc) is 2.06. The topological polar surface area (TPSA) is 52.6 Å². The highest BCUT2D eigenvalue weighted by Gasteiger charge is 2.43. The zero-order valence-electron chi connectivity index (χ0n) is 9.75. The normalized spacial score (nSPS) is 18.9. The second-order valence-electron chi connectivity index (χ2n) is 4.77. The first-order valence-electron chi connectivity index (χ1n) is 5.66. The Morgan fingerprint density at radius 1 is 1.47 bits per heavy atom. The molecule has 88 valence electrons. The van der Waals surface area contributed by atoms with Crippen LogP contribution in [-0.4, -0.2) is 49.7 Å². The minimum atomic E-state index is -0.631. The lowest BCUT2D eigenvalue weighted by Crippen LogP contribution is -2.46. The maximum Gasteiger partial charge on any atom is 0.310 e. The average molecular weight is 214 g/mol. The van der Waals surface area contributed by atoms with Gasteiger partial charge in [0.15, 0.2) is 0 Å². The molecule has 0 unspecified atom stereocenters. The highest BCUT2D eigenvalue weighted by atomic mass is 16.4. The maximum absolute atomic E-state index is 11.0. The molecule has 0 saturated heterocycles. The fraction of sp³-hybridized carbons (Fsp3) is 0.909. The molecule has 0 aromatic heterocycles. The van der Waals surface area contributed by atoms with Crippen LogP contribution in [-0.2, 0) is 4.79 Å². The van der Waals surface area contributed by atoms with Crippen LogP contribution in [0.15, 0.2) is 0 Å². The third kappa shape index (κ3) is 3.47. The molecule has 0 spiro atoms. The molecule has 1 saturated carbocycles. The van der Waals surface area contributed by atoms with Crippen LogP contribution < -0.4 is 5.32 Å². The van der Waals surface area contributed by atoms with E-state index in [2.05, 4.69) is 10.2 Å². The number of hydrogen-bond donors (Lipinski definition) is 2. The van der Waals surface area contributed by atoms with Gasteiger partial charge in [0.05, 0.1) is 5.41 Å². The number of hydrogen-bond acceptors (Lipinski definition) is 3. The zero-order valence-corrected chi connectivity index (χ0v) is 9.75. The van der Waals surface area contributed by atoms with Gasteiger partial charge in [0.1, 0.15) is 0 Å². The summed E-state index contributed by atoms with van der Waals surface area (Å²) in [6.07, 6.45) is 3.81. The molecule has 1 aliphatic rings. The van der Waals surface area contributed by atoms with Crippen LogP contribution in [0.5, 0.6) is 0 Å².